The summed E-state index contributed by atoms with van der Waals surface area (Å²) in [5.41, 5.74) is 0. The molecule has 5 heteroatoms. The molecule has 4 nitrogen and oxygen atoms in total. The van der Waals surface area contributed by atoms with Crippen molar-refractivity contribution in [3.63, 3.8) is 0 Å². The minimum absolute atomic E-state index is 0. The smallest absolute Gasteiger partial charge is 0.236 e. The largest absolute Gasteiger partial charge is 0.342 e. The number of nitrogens with zero attached hydrogens (tertiary/aromatic N) is 2. The van der Waals surface area contributed by atoms with Crippen LogP contribution in [0.4, 0.5) is 0 Å². The van der Waals surface area contributed by atoms with Gasteiger partial charge in [0, 0.05) is 19.6 Å². The molecule has 0 aromatic rings. The van der Waals surface area contributed by atoms with Gasteiger partial charge in [0.2, 0.25) is 5.91 Å². The molecule has 1 unspecified atom stereocenters. The zero-order valence-corrected chi connectivity index (χ0v) is 12.9. The summed E-state index contributed by atoms with van der Waals surface area (Å²) in [5.74, 6) is 1.07. The zero-order valence-electron chi connectivity index (χ0n) is 12.1. The van der Waals surface area contributed by atoms with E-state index in [2.05, 4.69) is 15.1 Å². The van der Waals surface area contributed by atoms with Gasteiger partial charge in [-0.15, -0.1) is 12.4 Å². The summed E-state index contributed by atoms with van der Waals surface area (Å²) in [5, 5.41) is 3.25. The van der Waals surface area contributed by atoms with Crippen LogP contribution in [0.15, 0.2) is 0 Å². The number of hydrogen-bond acceptors (Lipinski definition) is 3. The summed E-state index contributed by atoms with van der Waals surface area (Å²) in [6, 6.07) is 0. The first kappa shape index (κ1) is 16.7. The molecule has 2 heterocycles. The molecular formula is C14H28ClN3O. The first-order valence-corrected chi connectivity index (χ1v) is 7.44. The van der Waals surface area contributed by atoms with Crippen LogP contribution in [0.2, 0.25) is 0 Å². The van der Waals surface area contributed by atoms with Gasteiger partial charge in [-0.3, -0.25) is 9.69 Å². The van der Waals surface area contributed by atoms with E-state index in [0.717, 1.165) is 38.6 Å². The number of piperidine rings is 2. The summed E-state index contributed by atoms with van der Waals surface area (Å²) in [4.78, 5) is 16.6. The molecule has 1 N–H and O–H groups in total. The highest BCUT2D eigenvalue weighted by Crippen LogP contribution is 2.16. The standard InChI is InChI=1S/C14H27N3O.ClH/c1-15-10-13-6-5-7-16(11-13)12-14(18)17-8-3-2-4-9-17;/h13,15H,2-12H2,1H3;1H. The first-order valence-electron chi connectivity index (χ1n) is 7.44. The van der Waals surface area contributed by atoms with Gasteiger partial charge in [-0.1, -0.05) is 0 Å². The minimum Gasteiger partial charge on any atom is -0.342 e. The van der Waals surface area contributed by atoms with Crippen molar-refractivity contribution in [2.24, 2.45) is 5.92 Å². The third-order valence-corrected chi connectivity index (χ3v) is 4.16. The Labute approximate surface area is 123 Å². The number of likely N-dealkylation sites (tertiary alicyclic amines) is 2. The van der Waals surface area contributed by atoms with Crippen molar-refractivity contribution >= 4 is 18.3 Å². The maximum atomic E-state index is 12.2. The number of carbonyl (C=O) groups is 1. The van der Waals surface area contributed by atoms with Crippen molar-refractivity contribution in [1.82, 2.24) is 15.1 Å². The van der Waals surface area contributed by atoms with E-state index in [1.807, 2.05) is 7.05 Å². The molecule has 2 fully saturated rings. The topological polar surface area (TPSA) is 35.6 Å². The monoisotopic (exact) mass is 289 g/mol. The van der Waals surface area contributed by atoms with Gasteiger partial charge in [-0.25, -0.2) is 0 Å². The van der Waals surface area contributed by atoms with Crippen LogP contribution in [-0.2, 0) is 4.79 Å². The molecule has 2 aliphatic heterocycles. The Balaban J connectivity index is 0.00000180. The Morgan fingerprint density at radius 3 is 2.58 bits per heavy atom. The number of hydrogen-bond donors (Lipinski definition) is 1. The molecule has 0 radical (unpaired) electrons. The quantitative estimate of drug-likeness (QED) is 0.849. The van der Waals surface area contributed by atoms with Crippen LogP contribution in [0.1, 0.15) is 32.1 Å². The Hall–Kier alpha value is -0.320. The maximum Gasteiger partial charge on any atom is 0.236 e. The van der Waals surface area contributed by atoms with Gasteiger partial charge < -0.3 is 10.2 Å². The molecule has 1 atom stereocenters. The molecule has 2 rings (SSSR count). The normalized spacial score (nSPS) is 24.9. The van der Waals surface area contributed by atoms with Crippen LogP contribution < -0.4 is 5.32 Å². The Morgan fingerprint density at radius 2 is 1.89 bits per heavy atom. The van der Waals surface area contributed by atoms with Crippen molar-refractivity contribution < 1.29 is 4.79 Å². The molecule has 0 saturated carbocycles. The van der Waals surface area contributed by atoms with Crippen molar-refractivity contribution in [3.8, 4) is 0 Å². The van der Waals surface area contributed by atoms with Gasteiger partial charge in [0.25, 0.3) is 0 Å². The number of carbonyl (C=O) groups excluding carboxylic acids is 1. The van der Waals surface area contributed by atoms with E-state index in [1.54, 1.807) is 0 Å². The zero-order chi connectivity index (χ0) is 12.8. The summed E-state index contributed by atoms with van der Waals surface area (Å²) < 4.78 is 0. The second-order valence-electron chi connectivity index (χ2n) is 5.74. The predicted octanol–water partition coefficient (Wildman–Crippen LogP) is 1.35. The highest BCUT2D eigenvalue weighted by molar-refractivity contribution is 5.85. The fraction of sp³-hybridized carbons (Fsp3) is 0.929. The lowest BCUT2D eigenvalue weighted by Gasteiger charge is -2.34. The van der Waals surface area contributed by atoms with E-state index >= 15 is 0 Å². The Bertz CT molecular complexity index is 267. The van der Waals surface area contributed by atoms with Crippen LogP contribution in [-0.4, -0.2) is 62.0 Å². The van der Waals surface area contributed by atoms with Crippen molar-refractivity contribution in [2.75, 3.05) is 46.3 Å². The van der Waals surface area contributed by atoms with Crippen LogP contribution in [0, 0.1) is 5.92 Å². The average molecular weight is 290 g/mol. The van der Waals surface area contributed by atoms with Crippen molar-refractivity contribution in [3.05, 3.63) is 0 Å². The number of halogens is 1. The second kappa shape index (κ2) is 8.77. The Kier molecular flexibility index (Phi) is 7.73. The third kappa shape index (κ3) is 5.28. The lowest BCUT2D eigenvalue weighted by Crippen LogP contribution is -2.46. The molecule has 112 valence electrons. The molecule has 0 aromatic heterocycles. The van der Waals surface area contributed by atoms with E-state index < -0.39 is 0 Å². The lowest BCUT2D eigenvalue weighted by molar-refractivity contribution is -0.133. The van der Waals surface area contributed by atoms with Gasteiger partial charge >= 0.3 is 0 Å². The second-order valence-corrected chi connectivity index (χ2v) is 5.74. The third-order valence-electron chi connectivity index (χ3n) is 4.16. The van der Waals surface area contributed by atoms with Crippen LogP contribution in [0.25, 0.3) is 0 Å². The molecule has 0 aromatic carbocycles. The van der Waals surface area contributed by atoms with E-state index in [4.69, 9.17) is 0 Å². The molecule has 2 aliphatic rings. The fourth-order valence-electron chi connectivity index (χ4n) is 3.18. The summed E-state index contributed by atoms with van der Waals surface area (Å²) in [7, 11) is 2.01. The van der Waals surface area contributed by atoms with E-state index in [-0.39, 0.29) is 12.4 Å². The average Bonchev–Trinajstić information content (AvgIpc) is 2.40. The van der Waals surface area contributed by atoms with E-state index in [0.29, 0.717) is 12.5 Å². The maximum absolute atomic E-state index is 12.2. The lowest BCUT2D eigenvalue weighted by atomic mass is 9.98. The predicted molar refractivity (Wildman–Crippen MR) is 80.8 cm³/mol. The Morgan fingerprint density at radius 1 is 1.16 bits per heavy atom. The SMILES string of the molecule is CNCC1CCCN(CC(=O)N2CCCCC2)C1.Cl. The molecular weight excluding hydrogens is 262 g/mol. The summed E-state index contributed by atoms with van der Waals surface area (Å²) in [6.07, 6.45) is 6.20. The number of nitrogens with one attached hydrogen (secondary N) is 1. The number of rotatable bonds is 4. The first-order chi connectivity index (χ1) is 8.79. The summed E-state index contributed by atoms with van der Waals surface area (Å²) >= 11 is 0. The van der Waals surface area contributed by atoms with E-state index in [1.165, 1.54) is 32.1 Å². The van der Waals surface area contributed by atoms with Gasteiger partial charge in [0.05, 0.1) is 6.54 Å². The molecule has 19 heavy (non-hydrogen) atoms. The van der Waals surface area contributed by atoms with Crippen LogP contribution >= 0.6 is 12.4 Å². The fourth-order valence-corrected chi connectivity index (χ4v) is 3.18. The van der Waals surface area contributed by atoms with Crippen LogP contribution in [0.3, 0.4) is 0 Å². The van der Waals surface area contributed by atoms with Crippen molar-refractivity contribution in [1.29, 1.82) is 0 Å². The highest BCUT2D eigenvalue weighted by atomic mass is 35.5. The van der Waals surface area contributed by atoms with Gasteiger partial charge in [0.15, 0.2) is 0 Å². The van der Waals surface area contributed by atoms with Crippen LogP contribution in [0.5, 0.6) is 0 Å². The molecule has 2 saturated heterocycles. The van der Waals surface area contributed by atoms with Gasteiger partial charge in [-0.2, -0.15) is 0 Å². The summed E-state index contributed by atoms with van der Waals surface area (Å²) in [6.45, 7) is 5.86. The highest BCUT2D eigenvalue weighted by Gasteiger charge is 2.23. The molecule has 0 spiro atoms. The molecule has 1 amide bonds. The molecule has 0 bridgehead atoms. The van der Waals surface area contributed by atoms with Gasteiger partial charge in [0.1, 0.15) is 0 Å². The van der Waals surface area contributed by atoms with Crippen molar-refractivity contribution in [2.45, 2.75) is 32.1 Å². The molecule has 0 aliphatic carbocycles. The van der Waals surface area contributed by atoms with Gasteiger partial charge in [-0.05, 0) is 58.2 Å². The number of amides is 1. The van der Waals surface area contributed by atoms with E-state index in [9.17, 15) is 4.79 Å². The minimum atomic E-state index is 0.